The molecule has 2 aliphatic heterocycles. The topological polar surface area (TPSA) is 92.7 Å². The van der Waals surface area contributed by atoms with Crippen LogP contribution in [0.4, 0.5) is 16.2 Å². The van der Waals surface area contributed by atoms with Gasteiger partial charge in [-0.1, -0.05) is 13.0 Å². The highest BCUT2D eigenvalue weighted by Gasteiger charge is 2.22. The highest BCUT2D eigenvalue weighted by molar-refractivity contribution is 5.91. The van der Waals surface area contributed by atoms with Crippen molar-refractivity contribution in [3.8, 4) is 22.3 Å². The van der Waals surface area contributed by atoms with Crippen molar-refractivity contribution in [2.75, 3.05) is 63.3 Å². The first kappa shape index (κ1) is 31.0. The zero-order chi connectivity index (χ0) is 30.4. The van der Waals surface area contributed by atoms with Crippen molar-refractivity contribution in [1.82, 2.24) is 20.4 Å². The van der Waals surface area contributed by atoms with Gasteiger partial charge in [-0.2, -0.15) is 5.10 Å². The van der Waals surface area contributed by atoms with Gasteiger partial charge in [0.2, 0.25) is 0 Å². The van der Waals surface area contributed by atoms with Crippen LogP contribution < -0.4 is 20.9 Å². The van der Waals surface area contributed by atoms with Gasteiger partial charge < -0.3 is 30.3 Å². The Bertz CT molecular complexity index is 1390. The fourth-order valence-corrected chi connectivity index (χ4v) is 6.04. The van der Waals surface area contributed by atoms with Crippen molar-refractivity contribution >= 4 is 17.4 Å². The van der Waals surface area contributed by atoms with Crippen LogP contribution in [0.2, 0.25) is 0 Å². The average molecular weight is 589 g/mol. The van der Waals surface area contributed by atoms with E-state index < -0.39 is 0 Å². The Labute approximate surface area is 256 Å². The summed E-state index contributed by atoms with van der Waals surface area (Å²) in [7, 11) is 1.69. The molecule has 0 unspecified atom stereocenters. The molecule has 2 aliphatic rings. The van der Waals surface area contributed by atoms with E-state index in [1.165, 1.54) is 16.8 Å². The number of methoxy groups -OCH3 is 1. The molecule has 2 saturated heterocycles. The summed E-state index contributed by atoms with van der Waals surface area (Å²) >= 11 is 0. The summed E-state index contributed by atoms with van der Waals surface area (Å²) in [4.78, 5) is 15.2. The van der Waals surface area contributed by atoms with Crippen LogP contribution in [0, 0.1) is 6.92 Å². The first-order chi connectivity index (χ1) is 20.8. The third-order valence-electron chi connectivity index (χ3n) is 8.90. The van der Waals surface area contributed by atoms with Crippen molar-refractivity contribution in [3.63, 3.8) is 0 Å². The van der Waals surface area contributed by atoms with Crippen LogP contribution in [-0.4, -0.2) is 74.5 Å². The minimum atomic E-state index is -0.283. The predicted octanol–water partition coefficient (Wildman–Crippen LogP) is 5.79. The molecule has 0 radical (unpaired) electrons. The van der Waals surface area contributed by atoms with E-state index in [-0.39, 0.29) is 11.6 Å². The predicted molar refractivity (Wildman–Crippen MR) is 174 cm³/mol. The summed E-state index contributed by atoms with van der Waals surface area (Å²) in [5.41, 5.74) is 8.82. The number of piperidine rings is 1. The summed E-state index contributed by atoms with van der Waals surface area (Å²) < 4.78 is 13.3. The van der Waals surface area contributed by atoms with E-state index in [1.807, 2.05) is 26.1 Å². The van der Waals surface area contributed by atoms with Crippen LogP contribution in [0.5, 0.6) is 0 Å². The Morgan fingerprint density at radius 2 is 1.88 bits per heavy atom. The van der Waals surface area contributed by atoms with E-state index in [0.29, 0.717) is 12.6 Å². The van der Waals surface area contributed by atoms with E-state index >= 15 is 0 Å². The van der Waals surface area contributed by atoms with Crippen LogP contribution >= 0.6 is 0 Å². The molecular formula is C34H48N6O3. The number of rotatable bonds is 10. The Balaban J connectivity index is 1.48. The number of amides is 2. The largest absolute Gasteiger partial charge is 0.379 e. The van der Waals surface area contributed by atoms with Gasteiger partial charge in [0.05, 0.1) is 31.1 Å². The number of morpholine rings is 1. The molecular weight excluding hydrogens is 540 g/mol. The molecule has 2 amide bonds. The van der Waals surface area contributed by atoms with Crippen LogP contribution in [0.1, 0.15) is 57.2 Å². The molecule has 9 nitrogen and oxygen atoms in total. The second-order valence-electron chi connectivity index (χ2n) is 12.3. The lowest BCUT2D eigenvalue weighted by molar-refractivity contribution is 0.0165. The second kappa shape index (κ2) is 13.9. The van der Waals surface area contributed by atoms with Crippen molar-refractivity contribution in [2.24, 2.45) is 0 Å². The monoisotopic (exact) mass is 588 g/mol. The van der Waals surface area contributed by atoms with E-state index in [4.69, 9.17) is 14.6 Å². The molecule has 5 rings (SSSR count). The van der Waals surface area contributed by atoms with Gasteiger partial charge in [-0.05, 0) is 112 Å². The van der Waals surface area contributed by atoms with Gasteiger partial charge in [-0.15, -0.1) is 0 Å². The summed E-state index contributed by atoms with van der Waals surface area (Å²) in [6.07, 6.45) is 8.10. The minimum absolute atomic E-state index is 0.219. The summed E-state index contributed by atoms with van der Waals surface area (Å²) in [6, 6.07) is 11.0. The first-order valence-electron chi connectivity index (χ1n) is 15.7. The lowest BCUT2D eigenvalue weighted by Crippen LogP contribution is -2.36. The average Bonchev–Trinajstić information content (AvgIpc) is 3.52. The zero-order valence-corrected chi connectivity index (χ0v) is 26.5. The highest BCUT2D eigenvalue weighted by Crippen LogP contribution is 2.39. The zero-order valence-electron chi connectivity index (χ0n) is 26.5. The molecule has 0 aliphatic carbocycles. The minimum Gasteiger partial charge on any atom is -0.379 e. The van der Waals surface area contributed by atoms with Crippen molar-refractivity contribution in [2.45, 2.75) is 65.0 Å². The number of ether oxygens (including phenoxy) is 2. The maximum Gasteiger partial charge on any atom is 0.319 e. The van der Waals surface area contributed by atoms with Crippen LogP contribution in [0.15, 0.2) is 42.7 Å². The second-order valence-corrected chi connectivity index (χ2v) is 12.3. The molecule has 0 saturated carbocycles. The summed E-state index contributed by atoms with van der Waals surface area (Å²) in [5, 5.41) is 14.3. The molecule has 1 aromatic heterocycles. The summed E-state index contributed by atoms with van der Waals surface area (Å²) in [5.74, 6) is 0. The van der Waals surface area contributed by atoms with Crippen molar-refractivity contribution in [1.29, 1.82) is 0 Å². The number of aromatic nitrogens is 2. The maximum absolute atomic E-state index is 12.7. The van der Waals surface area contributed by atoms with E-state index in [0.717, 1.165) is 93.0 Å². The lowest BCUT2D eigenvalue weighted by Gasteiger charge is -2.32. The van der Waals surface area contributed by atoms with Gasteiger partial charge in [0.1, 0.15) is 0 Å². The number of nitrogens with one attached hydrogen (secondary N) is 3. The number of carbonyl (C=O) groups excluding carboxylic acids is 1. The fourth-order valence-electron chi connectivity index (χ4n) is 6.04. The maximum atomic E-state index is 12.7. The molecule has 3 heterocycles. The smallest absolute Gasteiger partial charge is 0.319 e. The van der Waals surface area contributed by atoms with Gasteiger partial charge in [0.15, 0.2) is 0 Å². The molecule has 0 spiro atoms. The Morgan fingerprint density at radius 3 is 2.60 bits per heavy atom. The number of urea groups is 1. The molecule has 43 heavy (non-hydrogen) atoms. The Morgan fingerprint density at radius 1 is 1.12 bits per heavy atom. The number of hydrogen-bond donors (Lipinski definition) is 3. The highest BCUT2D eigenvalue weighted by atomic mass is 16.5. The Kier molecular flexibility index (Phi) is 10.1. The molecule has 2 aromatic carbocycles. The standard InChI is InChI=1S/C34H48N6O3/c1-6-29-31(26-22-37-40(23-26)28-9-12-35-13-10-28)19-25(20-32(29)39-15-17-43-18-16-39)30-21-27(8-7-24(30)2)38-33(41)36-14-11-34(3,4)42-5/h7-8,19-23,28,35H,6,9-18H2,1-5H3,(H2,36,38,41). The van der Waals surface area contributed by atoms with Gasteiger partial charge >= 0.3 is 6.03 Å². The number of aryl methyl sites for hydroxylation is 1. The number of benzene rings is 2. The first-order valence-corrected chi connectivity index (χ1v) is 15.7. The quantitative estimate of drug-likeness (QED) is 0.278. The lowest BCUT2D eigenvalue weighted by atomic mass is 9.90. The van der Waals surface area contributed by atoms with E-state index in [2.05, 4.69) is 69.8 Å². The molecule has 232 valence electrons. The Hall–Kier alpha value is -3.40. The number of anilines is 2. The number of nitrogens with zero attached hydrogens (tertiary/aromatic N) is 3. The van der Waals surface area contributed by atoms with Gasteiger partial charge in [-0.3, -0.25) is 4.68 Å². The third kappa shape index (κ3) is 7.58. The van der Waals surface area contributed by atoms with E-state index in [1.54, 1.807) is 7.11 Å². The van der Waals surface area contributed by atoms with Gasteiger partial charge in [0, 0.05) is 49.9 Å². The van der Waals surface area contributed by atoms with Gasteiger partial charge in [0.25, 0.3) is 0 Å². The molecule has 3 N–H and O–H groups in total. The van der Waals surface area contributed by atoms with Gasteiger partial charge in [-0.25, -0.2) is 4.79 Å². The van der Waals surface area contributed by atoms with Crippen LogP contribution in [-0.2, 0) is 15.9 Å². The van der Waals surface area contributed by atoms with Crippen molar-refractivity contribution < 1.29 is 14.3 Å². The molecule has 2 fully saturated rings. The van der Waals surface area contributed by atoms with Crippen LogP contribution in [0.3, 0.4) is 0 Å². The molecule has 9 heteroatoms. The van der Waals surface area contributed by atoms with Crippen molar-refractivity contribution in [3.05, 3.63) is 53.9 Å². The number of hydrogen-bond acceptors (Lipinski definition) is 6. The molecule has 0 atom stereocenters. The fraction of sp³-hybridized carbons (Fsp3) is 0.529. The third-order valence-corrected chi connectivity index (χ3v) is 8.90. The SMILES string of the molecule is CCc1c(-c2cnn(C3CCNCC3)c2)cc(-c2cc(NC(=O)NCCC(C)(C)OC)ccc2C)cc1N1CCOCC1. The summed E-state index contributed by atoms with van der Waals surface area (Å²) in [6.45, 7) is 14.2. The number of carbonyl (C=O) groups is 1. The van der Waals surface area contributed by atoms with Crippen LogP contribution in [0.25, 0.3) is 22.3 Å². The normalized spacial score (nSPS) is 16.3. The van der Waals surface area contributed by atoms with E-state index in [9.17, 15) is 4.79 Å². The molecule has 3 aromatic rings. The molecule has 0 bridgehead atoms.